The molecule has 0 heterocycles. The molecular weight excluding hydrogens is 342 g/mol. The summed E-state index contributed by atoms with van der Waals surface area (Å²) in [4.78, 5) is 15.1. The number of hydrogen-bond acceptors (Lipinski definition) is 5. The van der Waals surface area contributed by atoms with Crippen LogP contribution in [0.1, 0.15) is 21.5 Å². The van der Waals surface area contributed by atoms with Crippen LogP contribution in [0.5, 0.6) is 5.75 Å². The average Bonchev–Trinajstić information content (AvgIpc) is 2.67. The van der Waals surface area contributed by atoms with Crippen LogP contribution < -0.4 is 0 Å². The molecule has 3 aromatic carbocycles. The lowest BCUT2D eigenvalue weighted by Crippen LogP contribution is -1.94. The number of aryl methyl sites for hydroxylation is 1. The number of rotatable bonds is 5. The number of hydrogen-bond donors (Lipinski definition) is 2. The van der Waals surface area contributed by atoms with E-state index < -0.39 is 5.97 Å². The second-order valence-corrected chi connectivity index (χ2v) is 5.84. The van der Waals surface area contributed by atoms with Gasteiger partial charge in [0.05, 0.1) is 22.6 Å². The first-order chi connectivity index (χ1) is 13.0. The zero-order valence-corrected chi connectivity index (χ0v) is 14.6. The van der Waals surface area contributed by atoms with Gasteiger partial charge in [-0.1, -0.05) is 18.2 Å². The van der Waals surface area contributed by atoms with E-state index in [2.05, 4.69) is 15.2 Å². The number of carboxylic acids is 1. The van der Waals surface area contributed by atoms with Gasteiger partial charge in [-0.05, 0) is 55.0 Å². The van der Waals surface area contributed by atoms with Crippen molar-refractivity contribution in [3.05, 3.63) is 83.4 Å². The third-order valence-electron chi connectivity index (χ3n) is 3.87. The fourth-order valence-electron chi connectivity index (χ4n) is 2.32. The van der Waals surface area contributed by atoms with Crippen LogP contribution in [0.25, 0.3) is 0 Å². The van der Waals surface area contributed by atoms with Crippen molar-refractivity contribution in [3.63, 3.8) is 0 Å². The molecule has 134 valence electrons. The van der Waals surface area contributed by atoms with Crippen LogP contribution >= 0.6 is 0 Å². The topological polar surface area (TPSA) is 94.6 Å². The van der Waals surface area contributed by atoms with E-state index in [0.29, 0.717) is 16.9 Å². The fourth-order valence-corrected chi connectivity index (χ4v) is 2.32. The smallest absolute Gasteiger partial charge is 0.335 e. The van der Waals surface area contributed by atoms with Crippen molar-refractivity contribution < 1.29 is 15.0 Å². The Morgan fingerprint density at radius 3 is 2.30 bits per heavy atom. The zero-order chi connectivity index (χ0) is 19.2. The Morgan fingerprint density at radius 1 is 0.926 bits per heavy atom. The molecule has 3 aromatic rings. The number of nitrogens with zero attached hydrogens (tertiary/aromatic N) is 3. The molecule has 0 aromatic heterocycles. The molecule has 6 heteroatoms. The SMILES string of the molecule is Cc1ccccc1N=Nc1ccc(C=Nc2ccc(C(=O)O)cc2)c(O)c1. The number of aromatic carboxylic acids is 1. The number of aromatic hydroxyl groups is 1. The predicted molar refractivity (Wildman–Crippen MR) is 104 cm³/mol. The number of phenolic OH excluding ortho intramolecular Hbond substituents is 1. The molecular formula is C21H17N3O3. The molecule has 0 radical (unpaired) electrons. The van der Waals surface area contributed by atoms with Crippen LogP contribution in [0.15, 0.2) is 82.0 Å². The van der Waals surface area contributed by atoms with Gasteiger partial charge in [-0.25, -0.2) is 4.79 Å². The molecule has 2 N–H and O–H groups in total. The lowest BCUT2D eigenvalue weighted by Gasteiger charge is -2.01. The van der Waals surface area contributed by atoms with Crippen molar-refractivity contribution in [2.45, 2.75) is 6.92 Å². The van der Waals surface area contributed by atoms with Gasteiger partial charge in [0.15, 0.2) is 0 Å². The molecule has 0 aliphatic carbocycles. The number of azo groups is 1. The van der Waals surface area contributed by atoms with Gasteiger partial charge >= 0.3 is 5.97 Å². The van der Waals surface area contributed by atoms with E-state index in [1.54, 1.807) is 24.3 Å². The lowest BCUT2D eigenvalue weighted by atomic mass is 10.2. The second kappa shape index (κ2) is 8.05. The van der Waals surface area contributed by atoms with Crippen molar-refractivity contribution in [2.24, 2.45) is 15.2 Å². The number of benzene rings is 3. The normalized spacial score (nSPS) is 11.3. The summed E-state index contributed by atoms with van der Waals surface area (Å²) >= 11 is 0. The molecule has 3 rings (SSSR count). The van der Waals surface area contributed by atoms with Crippen LogP contribution in [0.3, 0.4) is 0 Å². The van der Waals surface area contributed by atoms with Crippen LogP contribution in [0.2, 0.25) is 0 Å². The van der Waals surface area contributed by atoms with Gasteiger partial charge in [0.1, 0.15) is 5.75 Å². The Labute approximate surface area is 156 Å². The fraction of sp³-hybridized carbons (Fsp3) is 0.0476. The van der Waals surface area contributed by atoms with E-state index in [-0.39, 0.29) is 11.3 Å². The first-order valence-electron chi connectivity index (χ1n) is 8.21. The summed E-state index contributed by atoms with van der Waals surface area (Å²) in [6.07, 6.45) is 1.51. The Morgan fingerprint density at radius 2 is 1.63 bits per heavy atom. The van der Waals surface area contributed by atoms with Crippen molar-refractivity contribution in [1.82, 2.24) is 0 Å². The minimum Gasteiger partial charge on any atom is -0.507 e. The lowest BCUT2D eigenvalue weighted by molar-refractivity contribution is 0.0697. The van der Waals surface area contributed by atoms with Crippen molar-refractivity contribution in [1.29, 1.82) is 0 Å². The summed E-state index contributed by atoms with van der Waals surface area (Å²) in [6.45, 7) is 1.95. The number of aliphatic imine (C=N–C) groups is 1. The van der Waals surface area contributed by atoms with E-state index >= 15 is 0 Å². The van der Waals surface area contributed by atoms with Gasteiger partial charge in [-0.2, -0.15) is 10.2 Å². The van der Waals surface area contributed by atoms with Gasteiger partial charge < -0.3 is 10.2 Å². The monoisotopic (exact) mass is 359 g/mol. The molecule has 0 saturated heterocycles. The van der Waals surface area contributed by atoms with Crippen LogP contribution in [-0.4, -0.2) is 22.4 Å². The Balaban J connectivity index is 1.74. The first kappa shape index (κ1) is 18.0. The molecule has 6 nitrogen and oxygen atoms in total. The van der Waals surface area contributed by atoms with E-state index in [4.69, 9.17) is 5.11 Å². The molecule has 0 aliphatic heterocycles. The minimum absolute atomic E-state index is 0.0298. The van der Waals surface area contributed by atoms with Crippen LogP contribution in [-0.2, 0) is 0 Å². The summed E-state index contributed by atoms with van der Waals surface area (Å²) in [6, 6.07) is 18.7. The molecule has 0 amide bonds. The largest absolute Gasteiger partial charge is 0.507 e. The maximum absolute atomic E-state index is 10.8. The van der Waals surface area contributed by atoms with Crippen molar-refractivity contribution in [3.8, 4) is 5.75 Å². The Kier molecular flexibility index (Phi) is 5.37. The summed E-state index contributed by atoms with van der Waals surface area (Å²) in [5.41, 5.74) is 3.62. The highest BCUT2D eigenvalue weighted by Gasteiger charge is 2.03. The molecule has 0 atom stereocenters. The number of phenols is 1. The van der Waals surface area contributed by atoms with Gasteiger partial charge in [0.25, 0.3) is 0 Å². The highest BCUT2D eigenvalue weighted by Crippen LogP contribution is 2.26. The summed E-state index contributed by atoms with van der Waals surface area (Å²) in [5.74, 6) is -0.958. The summed E-state index contributed by atoms with van der Waals surface area (Å²) in [5, 5.41) is 27.4. The van der Waals surface area contributed by atoms with Gasteiger partial charge in [-0.15, -0.1) is 0 Å². The minimum atomic E-state index is -0.987. The highest BCUT2D eigenvalue weighted by molar-refractivity contribution is 5.89. The highest BCUT2D eigenvalue weighted by atomic mass is 16.4. The van der Waals surface area contributed by atoms with E-state index in [9.17, 15) is 9.90 Å². The third kappa shape index (κ3) is 4.64. The standard InChI is InChI=1S/C21H17N3O3/c1-14-4-2-3-5-19(14)24-23-18-11-8-16(20(25)12-18)13-22-17-9-6-15(7-10-17)21(26)27/h2-13,25H,1H3,(H,26,27). The molecule has 0 bridgehead atoms. The van der Waals surface area contributed by atoms with Crippen LogP contribution in [0, 0.1) is 6.92 Å². The number of carboxylic acid groups (broad SMARTS) is 1. The summed E-state index contributed by atoms with van der Waals surface area (Å²) in [7, 11) is 0. The van der Waals surface area contributed by atoms with E-state index in [1.807, 2.05) is 31.2 Å². The summed E-state index contributed by atoms with van der Waals surface area (Å²) < 4.78 is 0. The predicted octanol–water partition coefficient (Wildman–Crippen LogP) is 5.56. The Bertz CT molecular complexity index is 1030. The Hall–Kier alpha value is -3.80. The van der Waals surface area contributed by atoms with Crippen molar-refractivity contribution in [2.75, 3.05) is 0 Å². The number of carbonyl (C=O) groups is 1. The third-order valence-corrected chi connectivity index (χ3v) is 3.87. The van der Waals surface area contributed by atoms with E-state index in [1.165, 1.54) is 24.4 Å². The van der Waals surface area contributed by atoms with Crippen molar-refractivity contribution >= 4 is 29.2 Å². The quantitative estimate of drug-likeness (QED) is 0.461. The maximum atomic E-state index is 10.8. The van der Waals surface area contributed by atoms with E-state index in [0.717, 1.165) is 11.3 Å². The molecule has 0 unspecified atom stereocenters. The zero-order valence-electron chi connectivity index (χ0n) is 14.6. The molecule has 0 spiro atoms. The molecule has 0 aliphatic rings. The molecule has 27 heavy (non-hydrogen) atoms. The van der Waals surface area contributed by atoms with Gasteiger partial charge in [0, 0.05) is 17.8 Å². The average molecular weight is 359 g/mol. The molecule has 0 saturated carbocycles. The van der Waals surface area contributed by atoms with Crippen LogP contribution in [0.4, 0.5) is 17.1 Å². The molecule has 0 fully saturated rings. The second-order valence-electron chi connectivity index (χ2n) is 5.84. The van der Waals surface area contributed by atoms with Gasteiger partial charge in [-0.3, -0.25) is 4.99 Å². The van der Waals surface area contributed by atoms with Gasteiger partial charge in [0.2, 0.25) is 0 Å². The first-order valence-corrected chi connectivity index (χ1v) is 8.21. The maximum Gasteiger partial charge on any atom is 0.335 e.